The molecule has 2 rings (SSSR count). The summed E-state index contributed by atoms with van der Waals surface area (Å²) in [6.07, 6.45) is -5.37. The summed E-state index contributed by atoms with van der Waals surface area (Å²) >= 11 is 11.8. The first-order valence-corrected chi connectivity index (χ1v) is 7.64. The fourth-order valence-electron chi connectivity index (χ4n) is 2.25. The van der Waals surface area contributed by atoms with Gasteiger partial charge in [-0.25, -0.2) is 0 Å². The zero-order valence-electron chi connectivity index (χ0n) is 12.0. The maximum atomic E-state index is 12.2. The molecular weight excluding hydrogens is 356 g/mol. The molecule has 0 aromatic heterocycles. The predicted octanol–water partition coefficient (Wildman–Crippen LogP) is 2.87. The van der Waals surface area contributed by atoms with E-state index < -0.39 is 18.2 Å². The van der Waals surface area contributed by atoms with Crippen molar-refractivity contribution in [2.45, 2.75) is 18.8 Å². The summed E-state index contributed by atoms with van der Waals surface area (Å²) in [5.74, 6) is -1.96. The SMILES string of the molecule is O=C(NC[C@H]1CN(Cc2ccc(Cl)c(Cl)c2)CCO1)C(F)(F)F. The lowest BCUT2D eigenvalue weighted by Gasteiger charge is -2.33. The molecule has 1 aliphatic heterocycles. The molecule has 1 heterocycles. The second-order valence-corrected chi connectivity index (χ2v) is 6.00. The van der Waals surface area contributed by atoms with Crippen LogP contribution in [0, 0.1) is 0 Å². The standard InChI is InChI=1S/C14H15Cl2F3N2O2/c15-11-2-1-9(5-12(11)16)7-21-3-4-23-10(8-21)6-20-13(22)14(17,18)19/h1-2,5,10H,3-4,6-8H2,(H,20,22)/t10-/m0/s1. The number of nitrogens with one attached hydrogen (secondary N) is 1. The highest BCUT2D eigenvalue weighted by Crippen LogP contribution is 2.23. The number of benzene rings is 1. The number of amides is 1. The fourth-order valence-corrected chi connectivity index (χ4v) is 2.57. The van der Waals surface area contributed by atoms with Gasteiger partial charge in [0.15, 0.2) is 0 Å². The van der Waals surface area contributed by atoms with Gasteiger partial charge in [-0.1, -0.05) is 29.3 Å². The van der Waals surface area contributed by atoms with Gasteiger partial charge in [-0.3, -0.25) is 9.69 Å². The Kier molecular flexibility index (Phi) is 6.13. The van der Waals surface area contributed by atoms with E-state index in [1.165, 1.54) is 0 Å². The zero-order valence-corrected chi connectivity index (χ0v) is 13.5. The number of carbonyl (C=O) groups excluding carboxylic acids is 1. The minimum atomic E-state index is -4.88. The van der Waals surface area contributed by atoms with E-state index in [9.17, 15) is 18.0 Å². The summed E-state index contributed by atoms with van der Waals surface area (Å²) < 4.78 is 41.8. The number of alkyl halides is 3. The van der Waals surface area contributed by atoms with Gasteiger partial charge in [0, 0.05) is 26.2 Å². The summed E-state index contributed by atoms with van der Waals surface area (Å²) in [4.78, 5) is 12.8. The number of halogens is 5. The monoisotopic (exact) mass is 370 g/mol. The maximum Gasteiger partial charge on any atom is 0.471 e. The van der Waals surface area contributed by atoms with Gasteiger partial charge in [0.1, 0.15) is 0 Å². The van der Waals surface area contributed by atoms with Crippen molar-refractivity contribution in [2.24, 2.45) is 0 Å². The molecule has 0 aliphatic carbocycles. The van der Waals surface area contributed by atoms with Crippen molar-refractivity contribution in [1.29, 1.82) is 0 Å². The van der Waals surface area contributed by atoms with Crippen LogP contribution in [0.3, 0.4) is 0 Å². The molecule has 1 aromatic rings. The highest BCUT2D eigenvalue weighted by molar-refractivity contribution is 6.42. The lowest BCUT2D eigenvalue weighted by molar-refractivity contribution is -0.174. The van der Waals surface area contributed by atoms with E-state index in [4.69, 9.17) is 27.9 Å². The van der Waals surface area contributed by atoms with Crippen LogP contribution in [-0.2, 0) is 16.1 Å². The van der Waals surface area contributed by atoms with E-state index in [1.807, 2.05) is 16.3 Å². The topological polar surface area (TPSA) is 41.6 Å². The quantitative estimate of drug-likeness (QED) is 0.885. The number of hydrogen-bond donors (Lipinski definition) is 1. The van der Waals surface area contributed by atoms with Crippen LogP contribution in [0.1, 0.15) is 5.56 Å². The molecule has 0 unspecified atom stereocenters. The predicted molar refractivity (Wildman–Crippen MR) is 80.5 cm³/mol. The highest BCUT2D eigenvalue weighted by Gasteiger charge is 2.38. The lowest BCUT2D eigenvalue weighted by Crippen LogP contribution is -2.49. The van der Waals surface area contributed by atoms with Crippen LogP contribution >= 0.6 is 23.2 Å². The van der Waals surface area contributed by atoms with E-state index in [0.29, 0.717) is 36.3 Å². The molecule has 1 aromatic carbocycles. The average Bonchev–Trinajstić information content (AvgIpc) is 2.48. The highest BCUT2D eigenvalue weighted by atomic mass is 35.5. The normalized spacial score (nSPS) is 19.6. The molecule has 1 atom stereocenters. The van der Waals surface area contributed by atoms with Gasteiger partial charge in [0.05, 0.1) is 22.8 Å². The molecule has 4 nitrogen and oxygen atoms in total. The van der Waals surface area contributed by atoms with Gasteiger partial charge in [-0.15, -0.1) is 0 Å². The van der Waals surface area contributed by atoms with Gasteiger partial charge in [0.25, 0.3) is 0 Å². The molecule has 0 saturated carbocycles. The van der Waals surface area contributed by atoms with E-state index in [1.54, 1.807) is 12.1 Å². The van der Waals surface area contributed by atoms with Crippen LogP contribution in [0.25, 0.3) is 0 Å². The van der Waals surface area contributed by atoms with Crippen molar-refractivity contribution < 1.29 is 22.7 Å². The van der Waals surface area contributed by atoms with E-state index in [0.717, 1.165) is 5.56 Å². The Morgan fingerprint density at radius 1 is 1.35 bits per heavy atom. The number of rotatable bonds is 4. The van der Waals surface area contributed by atoms with Gasteiger partial charge >= 0.3 is 12.1 Å². The molecule has 1 amide bonds. The maximum absolute atomic E-state index is 12.2. The minimum Gasteiger partial charge on any atom is -0.374 e. The third-order valence-corrected chi connectivity index (χ3v) is 4.10. The Morgan fingerprint density at radius 2 is 2.09 bits per heavy atom. The van der Waals surface area contributed by atoms with Crippen LogP contribution in [0.2, 0.25) is 10.0 Å². The Morgan fingerprint density at radius 3 is 2.74 bits per heavy atom. The van der Waals surface area contributed by atoms with Crippen molar-refractivity contribution in [3.8, 4) is 0 Å². The van der Waals surface area contributed by atoms with Crippen molar-refractivity contribution >= 4 is 29.1 Å². The summed E-state index contributed by atoms with van der Waals surface area (Å²) in [5, 5.41) is 2.75. The molecule has 1 fully saturated rings. The minimum absolute atomic E-state index is 0.184. The first-order chi connectivity index (χ1) is 10.8. The number of nitrogens with zero attached hydrogens (tertiary/aromatic N) is 1. The number of carbonyl (C=O) groups is 1. The number of ether oxygens (including phenoxy) is 1. The first-order valence-electron chi connectivity index (χ1n) is 6.88. The van der Waals surface area contributed by atoms with Crippen molar-refractivity contribution in [2.75, 3.05) is 26.2 Å². The van der Waals surface area contributed by atoms with Gasteiger partial charge < -0.3 is 10.1 Å². The Labute approximate surface area is 141 Å². The molecule has 1 saturated heterocycles. The van der Waals surface area contributed by atoms with Gasteiger partial charge in [0.2, 0.25) is 0 Å². The molecule has 1 N–H and O–H groups in total. The third kappa shape index (κ3) is 5.53. The molecule has 0 bridgehead atoms. The Balaban J connectivity index is 1.85. The van der Waals surface area contributed by atoms with E-state index in [2.05, 4.69) is 0 Å². The van der Waals surface area contributed by atoms with Gasteiger partial charge in [-0.2, -0.15) is 13.2 Å². The van der Waals surface area contributed by atoms with Crippen molar-refractivity contribution in [3.05, 3.63) is 33.8 Å². The fraction of sp³-hybridized carbons (Fsp3) is 0.500. The lowest BCUT2D eigenvalue weighted by atomic mass is 10.2. The van der Waals surface area contributed by atoms with Crippen LogP contribution in [0.4, 0.5) is 13.2 Å². The van der Waals surface area contributed by atoms with Crippen molar-refractivity contribution in [3.63, 3.8) is 0 Å². The molecule has 1 aliphatic rings. The van der Waals surface area contributed by atoms with Crippen LogP contribution in [0.5, 0.6) is 0 Å². The Bertz CT molecular complexity index is 569. The second kappa shape index (κ2) is 7.70. The Hall–Kier alpha value is -1.02. The second-order valence-electron chi connectivity index (χ2n) is 5.18. The van der Waals surface area contributed by atoms with E-state index in [-0.39, 0.29) is 6.54 Å². The molecule has 0 spiro atoms. The van der Waals surface area contributed by atoms with Crippen LogP contribution < -0.4 is 5.32 Å². The molecule has 128 valence electrons. The van der Waals surface area contributed by atoms with Crippen molar-refractivity contribution in [1.82, 2.24) is 10.2 Å². The molecule has 9 heteroatoms. The summed E-state index contributed by atoms with van der Waals surface area (Å²) in [7, 11) is 0. The third-order valence-electron chi connectivity index (χ3n) is 3.36. The van der Waals surface area contributed by atoms with E-state index >= 15 is 0 Å². The molecular formula is C14H15Cl2F3N2O2. The van der Waals surface area contributed by atoms with Gasteiger partial charge in [-0.05, 0) is 17.7 Å². The zero-order chi connectivity index (χ0) is 17.0. The van der Waals surface area contributed by atoms with Crippen LogP contribution in [0.15, 0.2) is 18.2 Å². The van der Waals surface area contributed by atoms with Crippen LogP contribution in [-0.4, -0.2) is 49.3 Å². The number of hydrogen-bond acceptors (Lipinski definition) is 3. The largest absolute Gasteiger partial charge is 0.471 e. The summed E-state index contributed by atoms with van der Waals surface area (Å²) in [6.45, 7) is 1.83. The smallest absolute Gasteiger partial charge is 0.374 e. The molecule has 0 radical (unpaired) electrons. The first kappa shape index (κ1) is 18.3. The summed E-state index contributed by atoms with van der Waals surface area (Å²) in [6, 6.07) is 5.28. The average molecular weight is 371 g/mol. The summed E-state index contributed by atoms with van der Waals surface area (Å²) in [5.41, 5.74) is 0.944. The number of morpholine rings is 1. The molecule has 23 heavy (non-hydrogen) atoms.